The van der Waals surface area contributed by atoms with Crippen molar-refractivity contribution in [2.45, 2.75) is 27.2 Å². The minimum atomic E-state index is -0.203. The number of hydrogen-bond donors (Lipinski definition) is 0. The first kappa shape index (κ1) is 17.2. The van der Waals surface area contributed by atoms with Crippen LogP contribution in [0.4, 0.5) is 5.82 Å². The molecule has 0 amide bonds. The summed E-state index contributed by atoms with van der Waals surface area (Å²) in [5.74, 6) is 0.743. The summed E-state index contributed by atoms with van der Waals surface area (Å²) in [4.78, 5) is 25.0. The minimum absolute atomic E-state index is 0.129. The van der Waals surface area contributed by atoms with Gasteiger partial charge in [0, 0.05) is 27.2 Å². The molecule has 0 aliphatic carbocycles. The Hall–Kier alpha value is -1.78. The van der Waals surface area contributed by atoms with Gasteiger partial charge in [0.15, 0.2) is 5.78 Å². The number of Topliss-reactive ketones (excluding diaryl/α,β-unsaturated/α-hetero) is 1. The van der Waals surface area contributed by atoms with E-state index in [1.807, 2.05) is 0 Å². The SMILES string of the molecule is CCC.COc1cc(=O)n(C)c(N(C)C)c1C(C)=O. The first-order chi connectivity index (χ1) is 8.81. The van der Waals surface area contributed by atoms with Gasteiger partial charge in [0.25, 0.3) is 5.56 Å². The number of ketones is 1. The highest BCUT2D eigenvalue weighted by molar-refractivity contribution is 6.01. The molecule has 0 radical (unpaired) electrons. The van der Waals surface area contributed by atoms with E-state index < -0.39 is 0 Å². The van der Waals surface area contributed by atoms with Gasteiger partial charge in [0.2, 0.25) is 0 Å². The molecule has 0 spiro atoms. The molecule has 108 valence electrons. The van der Waals surface area contributed by atoms with Crippen LogP contribution >= 0.6 is 0 Å². The summed E-state index contributed by atoms with van der Waals surface area (Å²) in [5.41, 5.74) is 0.222. The lowest BCUT2D eigenvalue weighted by Gasteiger charge is -2.21. The van der Waals surface area contributed by atoms with Gasteiger partial charge in [-0.05, 0) is 6.92 Å². The number of nitrogens with zero attached hydrogens (tertiary/aromatic N) is 2. The van der Waals surface area contributed by atoms with Gasteiger partial charge in [0.05, 0.1) is 7.11 Å². The molecular formula is C14H24N2O3. The molecule has 0 aliphatic rings. The first-order valence-electron chi connectivity index (χ1n) is 6.27. The zero-order valence-corrected chi connectivity index (χ0v) is 12.9. The van der Waals surface area contributed by atoms with Crippen LogP contribution < -0.4 is 15.2 Å². The Kier molecular flexibility index (Phi) is 6.90. The third kappa shape index (κ3) is 4.12. The Morgan fingerprint density at radius 1 is 1.37 bits per heavy atom. The Morgan fingerprint density at radius 2 is 1.84 bits per heavy atom. The largest absolute Gasteiger partial charge is 0.496 e. The lowest BCUT2D eigenvalue weighted by Crippen LogP contribution is -2.27. The zero-order chi connectivity index (χ0) is 15.2. The molecule has 0 unspecified atom stereocenters. The highest BCUT2D eigenvalue weighted by atomic mass is 16.5. The predicted octanol–water partition coefficient (Wildman–Crippen LogP) is 2.08. The molecule has 19 heavy (non-hydrogen) atoms. The molecule has 1 aromatic rings. The minimum Gasteiger partial charge on any atom is -0.496 e. The van der Waals surface area contributed by atoms with Gasteiger partial charge in [-0.2, -0.15) is 0 Å². The first-order valence-corrected chi connectivity index (χ1v) is 6.27. The van der Waals surface area contributed by atoms with Crippen LogP contribution in [-0.2, 0) is 7.05 Å². The second kappa shape index (κ2) is 7.61. The molecule has 0 aliphatic heterocycles. The highest BCUT2D eigenvalue weighted by Crippen LogP contribution is 2.26. The van der Waals surface area contributed by atoms with Crippen LogP contribution in [0.1, 0.15) is 37.6 Å². The van der Waals surface area contributed by atoms with E-state index in [1.165, 1.54) is 31.1 Å². The van der Waals surface area contributed by atoms with E-state index in [9.17, 15) is 9.59 Å². The van der Waals surface area contributed by atoms with Gasteiger partial charge in [-0.3, -0.25) is 14.2 Å². The molecule has 1 aromatic heterocycles. The summed E-state index contributed by atoms with van der Waals surface area (Å²) in [5, 5.41) is 0. The summed E-state index contributed by atoms with van der Waals surface area (Å²) >= 11 is 0. The second-order valence-electron chi connectivity index (χ2n) is 4.47. The van der Waals surface area contributed by atoms with Crippen molar-refractivity contribution in [3.8, 4) is 5.75 Å². The zero-order valence-electron chi connectivity index (χ0n) is 12.9. The monoisotopic (exact) mass is 268 g/mol. The molecule has 1 heterocycles. The van der Waals surface area contributed by atoms with Gasteiger partial charge in [0.1, 0.15) is 17.1 Å². The third-order valence-corrected chi connectivity index (χ3v) is 2.37. The van der Waals surface area contributed by atoms with Gasteiger partial charge in [-0.15, -0.1) is 0 Å². The molecule has 0 aromatic carbocycles. The molecule has 5 nitrogen and oxygen atoms in total. The maximum Gasteiger partial charge on any atom is 0.255 e. The van der Waals surface area contributed by atoms with Crippen molar-refractivity contribution in [2.24, 2.45) is 7.05 Å². The van der Waals surface area contributed by atoms with Crippen molar-refractivity contribution in [1.82, 2.24) is 4.57 Å². The Bertz CT molecular complexity index is 490. The fourth-order valence-electron chi connectivity index (χ4n) is 1.68. The molecule has 1 rings (SSSR count). The maximum atomic E-state index is 11.6. The number of carbonyl (C=O) groups excluding carboxylic acids is 1. The van der Waals surface area contributed by atoms with Crippen LogP contribution in [0.2, 0.25) is 0 Å². The van der Waals surface area contributed by atoms with Crippen LogP contribution in [0.3, 0.4) is 0 Å². The van der Waals surface area contributed by atoms with Gasteiger partial charge in [-0.25, -0.2) is 0 Å². The van der Waals surface area contributed by atoms with E-state index in [4.69, 9.17) is 4.74 Å². The summed E-state index contributed by atoms with van der Waals surface area (Å²) < 4.78 is 6.50. The average molecular weight is 268 g/mol. The van der Waals surface area contributed by atoms with Crippen LogP contribution in [0, 0.1) is 0 Å². The fourth-order valence-corrected chi connectivity index (χ4v) is 1.68. The van der Waals surface area contributed by atoms with Crippen LogP contribution in [0.15, 0.2) is 10.9 Å². The average Bonchev–Trinajstić information content (AvgIpc) is 2.31. The van der Waals surface area contributed by atoms with Crippen molar-refractivity contribution in [3.05, 3.63) is 22.0 Å². The van der Waals surface area contributed by atoms with E-state index in [1.54, 1.807) is 26.0 Å². The number of anilines is 1. The predicted molar refractivity (Wildman–Crippen MR) is 78.5 cm³/mol. The Balaban J connectivity index is 0.000000982. The molecule has 5 heteroatoms. The van der Waals surface area contributed by atoms with E-state index >= 15 is 0 Å². The molecule has 0 fully saturated rings. The van der Waals surface area contributed by atoms with E-state index in [0.29, 0.717) is 17.1 Å². The van der Waals surface area contributed by atoms with Crippen LogP contribution in [0.25, 0.3) is 0 Å². The van der Waals surface area contributed by atoms with Crippen molar-refractivity contribution in [3.63, 3.8) is 0 Å². The normalized spacial score (nSPS) is 9.42. The fraction of sp³-hybridized carbons (Fsp3) is 0.571. The lowest BCUT2D eigenvalue weighted by molar-refractivity contribution is 0.101. The van der Waals surface area contributed by atoms with Gasteiger partial charge in [-0.1, -0.05) is 20.3 Å². The number of methoxy groups -OCH3 is 1. The summed E-state index contributed by atoms with van der Waals surface area (Å²) in [7, 11) is 6.63. The number of rotatable bonds is 3. The topological polar surface area (TPSA) is 51.5 Å². The van der Waals surface area contributed by atoms with Crippen LogP contribution in [-0.4, -0.2) is 31.6 Å². The molecule has 0 saturated heterocycles. The van der Waals surface area contributed by atoms with Crippen molar-refractivity contribution >= 4 is 11.6 Å². The number of carbonyl (C=O) groups is 1. The molecular weight excluding hydrogens is 244 g/mol. The number of aromatic nitrogens is 1. The summed E-state index contributed by atoms with van der Waals surface area (Å²) in [6.07, 6.45) is 1.25. The maximum absolute atomic E-state index is 11.6. The summed E-state index contributed by atoms with van der Waals surface area (Å²) in [6.45, 7) is 5.70. The number of pyridine rings is 1. The molecule has 0 atom stereocenters. The van der Waals surface area contributed by atoms with Gasteiger partial charge >= 0.3 is 0 Å². The third-order valence-electron chi connectivity index (χ3n) is 2.37. The summed E-state index contributed by atoms with van der Waals surface area (Å²) in [6, 6.07) is 1.32. The highest BCUT2D eigenvalue weighted by Gasteiger charge is 2.19. The second-order valence-corrected chi connectivity index (χ2v) is 4.47. The lowest BCUT2D eigenvalue weighted by atomic mass is 10.1. The molecule has 0 N–H and O–H groups in total. The van der Waals surface area contributed by atoms with Crippen LogP contribution in [0.5, 0.6) is 5.75 Å². The van der Waals surface area contributed by atoms with Gasteiger partial charge < -0.3 is 9.64 Å². The molecule has 0 bridgehead atoms. The standard InChI is InChI=1S/C11H16N2O3.C3H8/c1-7(14)10-8(16-5)6-9(15)13(4)11(10)12(2)3;1-3-2/h6H,1-5H3;3H2,1-2H3. The van der Waals surface area contributed by atoms with E-state index in [-0.39, 0.29) is 11.3 Å². The Morgan fingerprint density at radius 3 is 2.16 bits per heavy atom. The van der Waals surface area contributed by atoms with Crippen molar-refractivity contribution < 1.29 is 9.53 Å². The smallest absolute Gasteiger partial charge is 0.255 e. The number of ether oxygens (including phenoxy) is 1. The number of hydrogen-bond acceptors (Lipinski definition) is 4. The van der Waals surface area contributed by atoms with E-state index in [0.717, 1.165) is 0 Å². The Labute approximate surface area is 114 Å². The van der Waals surface area contributed by atoms with E-state index in [2.05, 4.69) is 13.8 Å². The van der Waals surface area contributed by atoms with Crippen molar-refractivity contribution in [2.75, 3.05) is 26.1 Å². The molecule has 0 saturated carbocycles. The van der Waals surface area contributed by atoms with Crippen molar-refractivity contribution in [1.29, 1.82) is 0 Å². The quantitative estimate of drug-likeness (QED) is 0.788.